The molecule has 0 fully saturated rings. The topological polar surface area (TPSA) is 35.0 Å². The predicted octanol–water partition coefficient (Wildman–Crippen LogP) is 5.32. The molecule has 2 aromatic carbocycles. The molecule has 0 atom stereocenters. The van der Waals surface area contributed by atoms with Crippen molar-refractivity contribution in [2.75, 3.05) is 6.61 Å². The van der Waals surface area contributed by atoms with E-state index in [9.17, 15) is 4.39 Å². The van der Waals surface area contributed by atoms with E-state index in [1.54, 1.807) is 6.07 Å². The molecule has 0 unspecified atom stereocenters. The number of hydrogen-bond acceptors (Lipinski definition) is 3. The molecular formula is C21H25FN2O. The van der Waals surface area contributed by atoms with Crippen molar-refractivity contribution >= 4 is 10.9 Å². The maximum absolute atomic E-state index is 13.5. The summed E-state index contributed by atoms with van der Waals surface area (Å²) in [5, 5.41) is 0.724. The Morgan fingerprint density at radius 3 is 2.32 bits per heavy atom. The molecule has 0 amide bonds. The molecule has 0 aliphatic carbocycles. The van der Waals surface area contributed by atoms with Gasteiger partial charge in [-0.1, -0.05) is 64.6 Å². The van der Waals surface area contributed by atoms with Gasteiger partial charge < -0.3 is 4.74 Å². The van der Waals surface area contributed by atoms with Crippen molar-refractivity contribution in [3.8, 4) is 5.88 Å². The van der Waals surface area contributed by atoms with Crippen molar-refractivity contribution in [3.63, 3.8) is 0 Å². The van der Waals surface area contributed by atoms with Gasteiger partial charge in [0.15, 0.2) is 0 Å². The van der Waals surface area contributed by atoms with Gasteiger partial charge >= 0.3 is 6.08 Å². The van der Waals surface area contributed by atoms with E-state index in [0.717, 1.165) is 11.8 Å². The van der Waals surface area contributed by atoms with Crippen molar-refractivity contribution in [2.24, 2.45) is 0 Å². The summed E-state index contributed by atoms with van der Waals surface area (Å²) in [6.45, 7) is 7.02. The molecular weight excluding hydrogens is 315 g/mol. The predicted molar refractivity (Wildman–Crippen MR) is 101 cm³/mol. The number of fused-ring (bicyclic) bond motifs is 1. The monoisotopic (exact) mass is 340 g/mol. The minimum Gasteiger partial charge on any atom is -0.477 e. The molecule has 0 spiro atoms. The Labute approximate surface area is 148 Å². The normalized spacial score (nSPS) is 11.2. The number of aromatic nitrogens is 2. The standard InChI is InChI=1S/C20H21FN2O.CH4/c1-20(2,3)15-10-8-14(9-11-15)12-13-24-18-16-6-4-5-7-17(16)22-19(21)23-18;/h4-11H,12-13H2,1-3H3;1H4. The van der Waals surface area contributed by atoms with Crippen molar-refractivity contribution < 1.29 is 9.13 Å². The Morgan fingerprint density at radius 1 is 0.960 bits per heavy atom. The Kier molecular flexibility index (Phi) is 5.73. The fraction of sp³-hybridized carbons (Fsp3) is 0.333. The fourth-order valence-corrected chi connectivity index (χ4v) is 2.57. The maximum Gasteiger partial charge on any atom is 0.312 e. The second-order valence-corrected chi connectivity index (χ2v) is 6.86. The third-order valence-electron chi connectivity index (χ3n) is 3.99. The minimum absolute atomic E-state index is 0. The summed E-state index contributed by atoms with van der Waals surface area (Å²) < 4.78 is 19.2. The number of para-hydroxylation sites is 1. The molecule has 0 saturated heterocycles. The number of nitrogens with zero attached hydrogens (tertiary/aromatic N) is 2. The Morgan fingerprint density at radius 2 is 1.64 bits per heavy atom. The van der Waals surface area contributed by atoms with Gasteiger partial charge in [0.1, 0.15) is 0 Å². The second kappa shape index (κ2) is 7.60. The third-order valence-corrected chi connectivity index (χ3v) is 3.99. The molecule has 3 rings (SSSR count). The Bertz CT molecular complexity index is 839. The van der Waals surface area contributed by atoms with Gasteiger partial charge in [-0.2, -0.15) is 9.37 Å². The van der Waals surface area contributed by atoms with Gasteiger partial charge in [0, 0.05) is 6.42 Å². The summed E-state index contributed by atoms with van der Waals surface area (Å²) in [5.41, 5.74) is 3.18. The van der Waals surface area contributed by atoms with Crippen LogP contribution in [-0.2, 0) is 11.8 Å². The first-order valence-electron chi connectivity index (χ1n) is 8.08. The van der Waals surface area contributed by atoms with Crippen LogP contribution in [0.5, 0.6) is 5.88 Å². The molecule has 0 aliphatic heterocycles. The smallest absolute Gasteiger partial charge is 0.312 e. The summed E-state index contributed by atoms with van der Waals surface area (Å²) in [4.78, 5) is 7.56. The molecule has 132 valence electrons. The molecule has 1 heterocycles. The number of ether oxygens (including phenoxy) is 1. The molecule has 1 aromatic heterocycles. The first-order valence-corrected chi connectivity index (χ1v) is 8.08. The molecule has 25 heavy (non-hydrogen) atoms. The zero-order valence-electron chi connectivity index (χ0n) is 14.2. The van der Waals surface area contributed by atoms with Crippen LogP contribution >= 0.6 is 0 Å². The van der Waals surface area contributed by atoms with Crippen LogP contribution in [0.3, 0.4) is 0 Å². The van der Waals surface area contributed by atoms with Crippen LogP contribution in [0.1, 0.15) is 39.3 Å². The van der Waals surface area contributed by atoms with Crippen LogP contribution in [0.2, 0.25) is 0 Å². The number of halogens is 1. The number of benzene rings is 2. The van der Waals surface area contributed by atoms with E-state index >= 15 is 0 Å². The number of rotatable bonds is 4. The largest absolute Gasteiger partial charge is 0.477 e. The maximum atomic E-state index is 13.5. The van der Waals surface area contributed by atoms with Crippen LogP contribution in [0.15, 0.2) is 48.5 Å². The molecule has 0 N–H and O–H groups in total. The van der Waals surface area contributed by atoms with E-state index in [-0.39, 0.29) is 12.8 Å². The molecule has 3 aromatic rings. The second-order valence-electron chi connectivity index (χ2n) is 6.86. The summed E-state index contributed by atoms with van der Waals surface area (Å²) in [7, 11) is 0. The highest BCUT2D eigenvalue weighted by atomic mass is 19.1. The summed E-state index contributed by atoms with van der Waals surface area (Å²) in [6, 6.07) is 15.8. The average Bonchev–Trinajstić information content (AvgIpc) is 2.54. The minimum atomic E-state index is -0.766. The molecule has 0 aliphatic rings. The van der Waals surface area contributed by atoms with Crippen LogP contribution in [0.4, 0.5) is 4.39 Å². The van der Waals surface area contributed by atoms with E-state index in [1.165, 1.54) is 11.1 Å². The van der Waals surface area contributed by atoms with Gasteiger partial charge in [-0.3, -0.25) is 0 Å². The Hall–Kier alpha value is -2.49. The van der Waals surface area contributed by atoms with E-state index in [4.69, 9.17) is 4.74 Å². The van der Waals surface area contributed by atoms with Gasteiger partial charge in [-0.05, 0) is 28.7 Å². The fourth-order valence-electron chi connectivity index (χ4n) is 2.57. The van der Waals surface area contributed by atoms with Gasteiger partial charge in [-0.25, -0.2) is 4.98 Å². The molecule has 0 radical (unpaired) electrons. The first kappa shape index (κ1) is 18.8. The van der Waals surface area contributed by atoms with Crippen LogP contribution < -0.4 is 4.74 Å². The molecule has 4 heteroatoms. The molecule has 0 saturated carbocycles. The Balaban J connectivity index is 0.00000225. The van der Waals surface area contributed by atoms with E-state index < -0.39 is 6.08 Å². The van der Waals surface area contributed by atoms with Gasteiger partial charge in [0.2, 0.25) is 5.88 Å². The highest BCUT2D eigenvalue weighted by molar-refractivity contribution is 5.82. The highest BCUT2D eigenvalue weighted by Crippen LogP contribution is 2.23. The summed E-state index contributed by atoms with van der Waals surface area (Å²) in [5.74, 6) is 0.296. The lowest BCUT2D eigenvalue weighted by Gasteiger charge is -2.19. The van der Waals surface area contributed by atoms with E-state index in [0.29, 0.717) is 18.0 Å². The van der Waals surface area contributed by atoms with Crippen LogP contribution in [-0.4, -0.2) is 16.6 Å². The zero-order chi connectivity index (χ0) is 17.2. The summed E-state index contributed by atoms with van der Waals surface area (Å²) in [6.07, 6.45) is -0.0251. The van der Waals surface area contributed by atoms with Crippen molar-refractivity contribution in [1.82, 2.24) is 9.97 Å². The van der Waals surface area contributed by atoms with Gasteiger partial charge in [0.05, 0.1) is 17.5 Å². The van der Waals surface area contributed by atoms with E-state index in [2.05, 4.69) is 55.0 Å². The lowest BCUT2D eigenvalue weighted by Crippen LogP contribution is -2.11. The zero-order valence-corrected chi connectivity index (χ0v) is 14.2. The van der Waals surface area contributed by atoms with Gasteiger partial charge in [0.25, 0.3) is 0 Å². The average molecular weight is 340 g/mol. The van der Waals surface area contributed by atoms with Crippen LogP contribution in [0.25, 0.3) is 10.9 Å². The lowest BCUT2D eigenvalue weighted by molar-refractivity contribution is 0.307. The van der Waals surface area contributed by atoms with E-state index in [1.807, 2.05) is 18.2 Å². The SMILES string of the molecule is C.CC(C)(C)c1ccc(CCOc2nc(F)nc3ccccc23)cc1. The van der Waals surface area contributed by atoms with Crippen molar-refractivity contribution in [1.29, 1.82) is 0 Å². The van der Waals surface area contributed by atoms with Gasteiger partial charge in [-0.15, -0.1) is 0 Å². The molecule has 3 nitrogen and oxygen atoms in total. The number of hydrogen-bond donors (Lipinski definition) is 0. The quantitative estimate of drug-likeness (QED) is 0.603. The van der Waals surface area contributed by atoms with Crippen LogP contribution in [0, 0.1) is 6.08 Å². The third kappa shape index (κ3) is 4.53. The molecule has 0 bridgehead atoms. The van der Waals surface area contributed by atoms with Crippen molar-refractivity contribution in [3.05, 3.63) is 65.7 Å². The summed E-state index contributed by atoms with van der Waals surface area (Å²) >= 11 is 0. The first-order chi connectivity index (χ1) is 11.4. The van der Waals surface area contributed by atoms with Crippen molar-refractivity contribution in [2.45, 2.75) is 40.0 Å². The highest BCUT2D eigenvalue weighted by Gasteiger charge is 2.13. The lowest BCUT2D eigenvalue weighted by atomic mass is 9.86.